The maximum absolute atomic E-state index is 11.9. The number of rotatable bonds is 5. The van der Waals surface area contributed by atoms with Crippen molar-refractivity contribution in [3.8, 4) is 0 Å². The molecule has 3 heteroatoms. The van der Waals surface area contributed by atoms with E-state index in [4.69, 9.17) is 5.73 Å². The third-order valence-corrected chi connectivity index (χ3v) is 5.04. The van der Waals surface area contributed by atoms with Crippen LogP contribution in [0.3, 0.4) is 0 Å². The molecule has 108 valence electrons. The van der Waals surface area contributed by atoms with Crippen LogP contribution in [0.4, 0.5) is 5.69 Å². The highest BCUT2D eigenvalue weighted by Gasteiger charge is 2.39. The highest BCUT2D eigenvalue weighted by molar-refractivity contribution is 5.76. The van der Waals surface area contributed by atoms with E-state index in [0.29, 0.717) is 6.42 Å². The molecular formula is C17H24N2O. The highest BCUT2D eigenvalue weighted by atomic mass is 16.1. The molecule has 3 rings (SSSR count). The van der Waals surface area contributed by atoms with Crippen molar-refractivity contribution in [2.24, 2.45) is 17.8 Å². The molecule has 0 saturated heterocycles. The molecule has 0 heterocycles. The van der Waals surface area contributed by atoms with Crippen LogP contribution in [0, 0.1) is 17.8 Å². The minimum atomic E-state index is 0.176. The third-order valence-electron chi connectivity index (χ3n) is 5.04. The summed E-state index contributed by atoms with van der Waals surface area (Å²) in [6.07, 6.45) is 6.88. The molecule has 2 fully saturated rings. The summed E-state index contributed by atoms with van der Waals surface area (Å²) >= 11 is 0. The van der Waals surface area contributed by atoms with Crippen molar-refractivity contribution < 1.29 is 4.79 Å². The van der Waals surface area contributed by atoms with Gasteiger partial charge >= 0.3 is 0 Å². The molecule has 0 aromatic heterocycles. The standard InChI is InChI=1S/C17H24N2O/c18-16-3-1-2-12(10-16)5-7-17(20)19-11-15-9-13-4-6-14(15)8-13/h1-3,10,13-15H,4-9,11,18H2,(H,19,20). The summed E-state index contributed by atoms with van der Waals surface area (Å²) in [6, 6.07) is 7.79. The van der Waals surface area contributed by atoms with Gasteiger partial charge in [-0.15, -0.1) is 0 Å². The highest BCUT2D eigenvalue weighted by Crippen LogP contribution is 2.47. The first-order chi connectivity index (χ1) is 9.70. The van der Waals surface area contributed by atoms with Gasteiger partial charge in [-0.05, 0) is 61.1 Å². The minimum Gasteiger partial charge on any atom is -0.399 e. The molecule has 0 aliphatic heterocycles. The van der Waals surface area contributed by atoms with Gasteiger partial charge in [-0.1, -0.05) is 18.6 Å². The zero-order valence-electron chi connectivity index (χ0n) is 12.0. The smallest absolute Gasteiger partial charge is 0.220 e. The quantitative estimate of drug-likeness (QED) is 0.810. The SMILES string of the molecule is Nc1cccc(CCC(=O)NCC2CC3CCC2C3)c1. The molecule has 1 aromatic rings. The maximum Gasteiger partial charge on any atom is 0.220 e. The molecule has 1 amide bonds. The van der Waals surface area contributed by atoms with Crippen molar-refractivity contribution in [3.63, 3.8) is 0 Å². The lowest BCUT2D eigenvalue weighted by atomic mass is 9.89. The van der Waals surface area contributed by atoms with Crippen LogP contribution in [-0.2, 0) is 11.2 Å². The van der Waals surface area contributed by atoms with Crippen molar-refractivity contribution in [2.75, 3.05) is 12.3 Å². The monoisotopic (exact) mass is 272 g/mol. The fraction of sp³-hybridized carbons (Fsp3) is 0.588. The zero-order valence-corrected chi connectivity index (χ0v) is 12.0. The van der Waals surface area contributed by atoms with Crippen molar-refractivity contribution in [2.45, 2.75) is 38.5 Å². The van der Waals surface area contributed by atoms with Crippen molar-refractivity contribution in [1.29, 1.82) is 0 Å². The zero-order chi connectivity index (χ0) is 13.9. The second kappa shape index (κ2) is 5.86. The van der Waals surface area contributed by atoms with Gasteiger partial charge in [0.2, 0.25) is 5.91 Å². The number of nitrogen functional groups attached to an aromatic ring is 1. The second-order valence-corrected chi connectivity index (χ2v) is 6.48. The summed E-state index contributed by atoms with van der Waals surface area (Å²) < 4.78 is 0. The summed E-state index contributed by atoms with van der Waals surface area (Å²) in [6.45, 7) is 0.886. The number of hydrogen-bond acceptors (Lipinski definition) is 2. The van der Waals surface area contributed by atoms with E-state index in [-0.39, 0.29) is 5.91 Å². The predicted octanol–water partition coefficient (Wildman–Crippen LogP) is 2.75. The van der Waals surface area contributed by atoms with E-state index in [0.717, 1.165) is 42.0 Å². The molecule has 3 unspecified atom stereocenters. The molecule has 0 radical (unpaired) electrons. The number of fused-ring (bicyclic) bond motifs is 2. The topological polar surface area (TPSA) is 55.1 Å². The van der Waals surface area contributed by atoms with E-state index in [2.05, 4.69) is 5.32 Å². The maximum atomic E-state index is 11.9. The Morgan fingerprint density at radius 2 is 2.20 bits per heavy atom. The number of anilines is 1. The summed E-state index contributed by atoms with van der Waals surface area (Å²) in [5, 5.41) is 3.12. The van der Waals surface area contributed by atoms with Crippen LogP contribution in [0.1, 0.15) is 37.7 Å². The van der Waals surface area contributed by atoms with Crippen molar-refractivity contribution in [1.82, 2.24) is 5.32 Å². The normalized spacial score (nSPS) is 27.7. The van der Waals surface area contributed by atoms with Crippen molar-refractivity contribution in [3.05, 3.63) is 29.8 Å². The molecule has 3 N–H and O–H groups in total. The summed E-state index contributed by atoms with van der Waals surface area (Å²) in [4.78, 5) is 11.9. The molecule has 3 nitrogen and oxygen atoms in total. The third kappa shape index (κ3) is 3.14. The Morgan fingerprint density at radius 3 is 2.90 bits per heavy atom. The molecule has 2 bridgehead atoms. The average Bonchev–Trinajstić information content (AvgIpc) is 3.05. The largest absolute Gasteiger partial charge is 0.399 e. The van der Waals surface area contributed by atoms with Crippen LogP contribution in [-0.4, -0.2) is 12.5 Å². The van der Waals surface area contributed by atoms with Crippen LogP contribution in [0.2, 0.25) is 0 Å². The number of nitrogens with one attached hydrogen (secondary N) is 1. The van der Waals surface area contributed by atoms with E-state index in [1.54, 1.807) is 0 Å². The van der Waals surface area contributed by atoms with Gasteiger partial charge in [0.25, 0.3) is 0 Å². The Labute approximate surface area is 120 Å². The van der Waals surface area contributed by atoms with Crippen LogP contribution in [0.15, 0.2) is 24.3 Å². The van der Waals surface area contributed by atoms with E-state index in [1.807, 2.05) is 24.3 Å². The van der Waals surface area contributed by atoms with Gasteiger partial charge < -0.3 is 11.1 Å². The average molecular weight is 272 g/mol. The number of benzene rings is 1. The molecule has 2 aliphatic rings. The van der Waals surface area contributed by atoms with Gasteiger partial charge in [0.05, 0.1) is 0 Å². The Balaban J connectivity index is 1.39. The number of amides is 1. The van der Waals surface area contributed by atoms with Gasteiger partial charge in [0.15, 0.2) is 0 Å². The molecule has 2 saturated carbocycles. The van der Waals surface area contributed by atoms with Crippen LogP contribution < -0.4 is 11.1 Å². The van der Waals surface area contributed by atoms with Crippen LogP contribution >= 0.6 is 0 Å². The van der Waals surface area contributed by atoms with E-state index >= 15 is 0 Å². The molecule has 2 aliphatic carbocycles. The second-order valence-electron chi connectivity index (χ2n) is 6.48. The van der Waals surface area contributed by atoms with Gasteiger partial charge in [-0.25, -0.2) is 0 Å². The molecule has 1 aromatic carbocycles. The van der Waals surface area contributed by atoms with Gasteiger partial charge in [0.1, 0.15) is 0 Å². The fourth-order valence-electron chi connectivity index (χ4n) is 3.97. The number of carbonyl (C=O) groups is 1. The molecule has 20 heavy (non-hydrogen) atoms. The Morgan fingerprint density at radius 1 is 1.30 bits per heavy atom. The molecule has 3 atom stereocenters. The Kier molecular flexibility index (Phi) is 3.95. The first-order valence-corrected chi connectivity index (χ1v) is 7.82. The fourth-order valence-corrected chi connectivity index (χ4v) is 3.97. The molecular weight excluding hydrogens is 248 g/mol. The van der Waals surface area contributed by atoms with Crippen molar-refractivity contribution >= 4 is 11.6 Å². The summed E-state index contributed by atoms with van der Waals surface area (Å²) in [5.74, 6) is 2.75. The predicted molar refractivity (Wildman–Crippen MR) is 81.1 cm³/mol. The van der Waals surface area contributed by atoms with E-state index in [9.17, 15) is 4.79 Å². The summed E-state index contributed by atoms with van der Waals surface area (Å²) in [7, 11) is 0. The Bertz CT molecular complexity index is 486. The van der Waals surface area contributed by atoms with E-state index < -0.39 is 0 Å². The van der Waals surface area contributed by atoms with Gasteiger partial charge in [-0.3, -0.25) is 4.79 Å². The number of aryl methyl sites for hydroxylation is 1. The first-order valence-electron chi connectivity index (χ1n) is 7.82. The van der Waals surface area contributed by atoms with Crippen LogP contribution in [0.5, 0.6) is 0 Å². The summed E-state index contributed by atoms with van der Waals surface area (Å²) in [5.41, 5.74) is 7.65. The van der Waals surface area contributed by atoms with Gasteiger partial charge in [-0.2, -0.15) is 0 Å². The first kappa shape index (κ1) is 13.5. The van der Waals surface area contributed by atoms with Gasteiger partial charge in [0, 0.05) is 18.7 Å². The Hall–Kier alpha value is -1.51. The lowest BCUT2D eigenvalue weighted by Gasteiger charge is -2.21. The van der Waals surface area contributed by atoms with Crippen LogP contribution in [0.25, 0.3) is 0 Å². The lowest BCUT2D eigenvalue weighted by molar-refractivity contribution is -0.121. The number of hydrogen-bond donors (Lipinski definition) is 2. The minimum absolute atomic E-state index is 0.176. The number of nitrogens with two attached hydrogens (primary N) is 1. The molecule has 0 spiro atoms. The lowest BCUT2D eigenvalue weighted by Crippen LogP contribution is -2.31. The van der Waals surface area contributed by atoms with E-state index in [1.165, 1.54) is 25.7 Å². The number of carbonyl (C=O) groups excluding carboxylic acids is 1.